The second kappa shape index (κ2) is 8.99. The normalized spacial score (nSPS) is 17.8. The molecular weight excluding hydrogens is 479 g/mol. The summed E-state index contributed by atoms with van der Waals surface area (Å²) in [6.07, 6.45) is 8.41. The highest BCUT2D eigenvalue weighted by Crippen LogP contribution is 2.39. The van der Waals surface area contributed by atoms with Gasteiger partial charge in [-0.25, -0.2) is 14.4 Å². The van der Waals surface area contributed by atoms with Gasteiger partial charge < -0.3 is 14.2 Å². The predicted molar refractivity (Wildman–Crippen MR) is 135 cm³/mol. The molecule has 2 aliphatic heterocycles. The van der Waals surface area contributed by atoms with E-state index >= 15 is 0 Å². The van der Waals surface area contributed by atoms with Crippen molar-refractivity contribution >= 4 is 28.0 Å². The Bertz CT molecular complexity index is 1440. The molecule has 0 N–H and O–H groups in total. The lowest BCUT2D eigenvalue weighted by Crippen LogP contribution is -2.52. The Kier molecular flexibility index (Phi) is 5.78. The van der Waals surface area contributed by atoms with Crippen molar-refractivity contribution in [2.75, 3.05) is 32.6 Å². The monoisotopic (exact) mass is 504 g/mol. The number of amides is 1. The lowest BCUT2D eigenvalue weighted by molar-refractivity contribution is -0.136. The minimum Gasteiger partial charge on any atom is -0.612 e. The first-order chi connectivity index (χ1) is 17.4. The van der Waals surface area contributed by atoms with Gasteiger partial charge in [0.2, 0.25) is 5.95 Å². The Morgan fingerprint density at radius 3 is 2.47 bits per heavy atom. The third-order valence-corrected chi connectivity index (χ3v) is 8.24. The fraction of sp³-hybridized carbons (Fsp3) is 0.296. The first-order valence-corrected chi connectivity index (χ1v) is 13.4. The molecule has 1 spiro atoms. The highest BCUT2D eigenvalue weighted by atomic mass is 32.2. The summed E-state index contributed by atoms with van der Waals surface area (Å²) in [4.78, 5) is 24.8. The molecule has 0 radical (unpaired) electrons. The van der Waals surface area contributed by atoms with Gasteiger partial charge in [0.25, 0.3) is 5.91 Å². The van der Waals surface area contributed by atoms with Gasteiger partial charge in [0, 0.05) is 47.6 Å². The molecule has 2 aromatic carbocycles. The van der Waals surface area contributed by atoms with E-state index in [1.165, 1.54) is 6.07 Å². The van der Waals surface area contributed by atoms with E-state index in [0.717, 1.165) is 31.4 Å². The molecule has 184 valence electrons. The van der Waals surface area contributed by atoms with E-state index in [2.05, 4.69) is 9.97 Å². The first kappa shape index (κ1) is 23.1. The number of aromatic nitrogens is 3. The van der Waals surface area contributed by atoms with Crippen LogP contribution in [-0.2, 0) is 15.9 Å². The van der Waals surface area contributed by atoms with E-state index in [0.29, 0.717) is 46.1 Å². The van der Waals surface area contributed by atoms with Crippen molar-refractivity contribution in [2.24, 2.45) is 5.41 Å². The highest BCUT2D eigenvalue weighted by Gasteiger charge is 2.42. The Morgan fingerprint density at radius 1 is 1.11 bits per heavy atom. The van der Waals surface area contributed by atoms with Crippen LogP contribution in [-0.4, -0.2) is 62.5 Å². The number of benzene rings is 2. The smallest absolute Gasteiger partial charge is 0.253 e. The minimum atomic E-state index is -1.25. The largest absolute Gasteiger partial charge is 0.612 e. The molecule has 2 aromatic heterocycles. The summed E-state index contributed by atoms with van der Waals surface area (Å²) in [6.45, 7) is 3.01. The van der Waals surface area contributed by atoms with Crippen LogP contribution in [0.5, 0.6) is 0 Å². The number of likely N-dealkylation sites (tertiary alicyclic amines) is 1. The van der Waals surface area contributed by atoms with E-state index in [1.54, 1.807) is 53.7 Å². The molecule has 36 heavy (non-hydrogen) atoms. The molecule has 1 unspecified atom stereocenters. The van der Waals surface area contributed by atoms with Crippen molar-refractivity contribution in [1.29, 1.82) is 0 Å². The first-order valence-electron chi connectivity index (χ1n) is 11.9. The van der Waals surface area contributed by atoms with Crippen LogP contribution in [0.15, 0.2) is 66.0 Å². The third-order valence-electron chi connectivity index (χ3n) is 7.29. The standard InChI is InChI=1S/C27H25FN4O3S/c1-36(34)24-15-32(26-29-13-19(14-30-26)20-4-2-3-5-22(20)28)23-12-18(6-7-21(23)24)25(33)31-10-8-27(9-11-31)16-35-17-27/h2-7,12-15H,8-11,16-17H2,1H3. The fourth-order valence-corrected chi connectivity index (χ4v) is 5.79. The maximum absolute atomic E-state index is 14.2. The van der Waals surface area contributed by atoms with Crippen LogP contribution in [0.25, 0.3) is 28.0 Å². The van der Waals surface area contributed by atoms with E-state index in [-0.39, 0.29) is 17.1 Å². The van der Waals surface area contributed by atoms with Crippen LogP contribution >= 0.6 is 0 Å². The third kappa shape index (κ3) is 3.97. The summed E-state index contributed by atoms with van der Waals surface area (Å²) in [5.41, 5.74) is 2.50. The minimum absolute atomic E-state index is 0.0188. The average Bonchev–Trinajstić information content (AvgIpc) is 3.27. The average molecular weight is 505 g/mol. The molecule has 2 fully saturated rings. The Hall–Kier alpha value is -3.27. The quantitative estimate of drug-likeness (QED) is 0.389. The molecule has 7 nitrogen and oxygen atoms in total. The van der Waals surface area contributed by atoms with Crippen LogP contribution in [0, 0.1) is 11.2 Å². The van der Waals surface area contributed by atoms with Gasteiger partial charge in [-0.3, -0.25) is 9.36 Å². The van der Waals surface area contributed by atoms with Crippen LogP contribution in [0.2, 0.25) is 0 Å². The molecule has 0 saturated carbocycles. The number of halogens is 1. The van der Waals surface area contributed by atoms with Gasteiger partial charge in [0.1, 0.15) is 12.1 Å². The second-order valence-electron chi connectivity index (χ2n) is 9.59. The molecule has 6 rings (SSSR count). The lowest BCUT2D eigenvalue weighted by atomic mass is 9.77. The van der Waals surface area contributed by atoms with Crippen molar-refractivity contribution < 1.29 is 18.5 Å². The van der Waals surface area contributed by atoms with Crippen molar-refractivity contribution in [1.82, 2.24) is 19.4 Å². The summed E-state index contributed by atoms with van der Waals surface area (Å²) in [7, 11) is 0. The van der Waals surface area contributed by atoms with E-state index in [4.69, 9.17) is 4.74 Å². The van der Waals surface area contributed by atoms with Crippen LogP contribution in [0.1, 0.15) is 23.2 Å². The lowest BCUT2D eigenvalue weighted by Gasteiger charge is -2.47. The van der Waals surface area contributed by atoms with Gasteiger partial charge in [-0.2, -0.15) is 0 Å². The highest BCUT2D eigenvalue weighted by molar-refractivity contribution is 7.91. The molecule has 9 heteroatoms. The number of hydrogen-bond acceptors (Lipinski definition) is 5. The van der Waals surface area contributed by atoms with Gasteiger partial charge >= 0.3 is 0 Å². The van der Waals surface area contributed by atoms with Crippen molar-refractivity contribution in [3.63, 3.8) is 0 Å². The Labute approximate surface area is 211 Å². The second-order valence-corrected chi connectivity index (χ2v) is 10.9. The maximum Gasteiger partial charge on any atom is 0.253 e. The zero-order valence-corrected chi connectivity index (χ0v) is 20.6. The Morgan fingerprint density at radius 2 is 1.83 bits per heavy atom. The summed E-state index contributed by atoms with van der Waals surface area (Å²) in [6, 6.07) is 11.9. The number of carbonyl (C=O) groups excluding carboxylic acids is 1. The van der Waals surface area contributed by atoms with E-state index in [1.807, 2.05) is 17.0 Å². The van der Waals surface area contributed by atoms with Crippen molar-refractivity contribution in [2.45, 2.75) is 17.7 Å². The molecule has 1 amide bonds. The summed E-state index contributed by atoms with van der Waals surface area (Å²) >= 11 is -1.25. The number of carbonyl (C=O) groups is 1. The molecule has 4 heterocycles. The predicted octanol–water partition coefficient (Wildman–Crippen LogP) is 4.22. The Balaban J connectivity index is 1.34. The topological polar surface area (TPSA) is 83.3 Å². The van der Waals surface area contributed by atoms with Crippen LogP contribution in [0.4, 0.5) is 4.39 Å². The molecule has 1 atom stereocenters. The summed E-state index contributed by atoms with van der Waals surface area (Å²) in [5, 5.41) is 0.776. The van der Waals surface area contributed by atoms with Gasteiger partial charge in [0.15, 0.2) is 4.90 Å². The molecule has 2 saturated heterocycles. The van der Waals surface area contributed by atoms with Crippen LogP contribution < -0.4 is 0 Å². The molecule has 2 aliphatic rings. The van der Waals surface area contributed by atoms with Gasteiger partial charge in [-0.05, 0) is 48.3 Å². The number of ether oxygens (including phenoxy) is 1. The maximum atomic E-state index is 14.2. The van der Waals surface area contributed by atoms with Gasteiger partial charge in [-0.1, -0.05) is 18.2 Å². The molecular formula is C27H25FN4O3S. The summed E-state index contributed by atoms with van der Waals surface area (Å²) in [5.74, 6) is -0.0124. The van der Waals surface area contributed by atoms with Crippen LogP contribution in [0.3, 0.4) is 0 Å². The number of nitrogens with zero attached hydrogens (tertiary/aromatic N) is 4. The summed E-state index contributed by atoms with van der Waals surface area (Å²) < 4.78 is 33.8. The zero-order chi connectivity index (χ0) is 24.9. The van der Waals surface area contributed by atoms with Crippen molar-refractivity contribution in [3.05, 3.63) is 72.4 Å². The SMILES string of the molecule is C[S+]([O-])c1cn(-c2ncc(-c3ccccc3F)cn2)c2cc(C(=O)N3CCC4(CC3)COC4)ccc12. The zero-order valence-electron chi connectivity index (χ0n) is 19.8. The van der Waals surface area contributed by atoms with Gasteiger partial charge in [-0.15, -0.1) is 0 Å². The molecule has 0 bridgehead atoms. The molecule has 0 aliphatic carbocycles. The number of hydrogen-bond donors (Lipinski definition) is 0. The number of rotatable bonds is 4. The van der Waals surface area contributed by atoms with Gasteiger partial charge in [0.05, 0.1) is 30.3 Å². The number of fused-ring (bicyclic) bond motifs is 1. The van der Waals surface area contributed by atoms with Crippen molar-refractivity contribution in [3.8, 4) is 17.1 Å². The molecule has 4 aromatic rings. The van der Waals surface area contributed by atoms with E-state index < -0.39 is 11.2 Å². The fourth-order valence-electron chi connectivity index (χ4n) is 5.05. The number of piperidine rings is 1. The van der Waals surface area contributed by atoms with E-state index in [9.17, 15) is 13.7 Å².